The van der Waals surface area contributed by atoms with Gasteiger partial charge in [0.05, 0.1) is 12.1 Å². The Morgan fingerprint density at radius 2 is 1.76 bits per heavy atom. The third-order valence-corrected chi connectivity index (χ3v) is 4.77. The van der Waals surface area contributed by atoms with E-state index in [2.05, 4.69) is 17.2 Å². The number of hydrogen-bond donors (Lipinski definition) is 1. The Morgan fingerprint density at radius 1 is 1.08 bits per heavy atom. The summed E-state index contributed by atoms with van der Waals surface area (Å²) in [7, 11) is 1.65. The molecule has 25 heavy (non-hydrogen) atoms. The number of nitrogens with one attached hydrogen (secondary N) is 1. The van der Waals surface area contributed by atoms with Crippen molar-refractivity contribution in [2.45, 2.75) is 19.8 Å². The lowest BCUT2D eigenvalue weighted by Crippen LogP contribution is -2.12. The molecule has 0 saturated carbocycles. The van der Waals surface area contributed by atoms with Crippen LogP contribution >= 0.6 is 11.3 Å². The first-order valence-corrected chi connectivity index (χ1v) is 9.03. The van der Waals surface area contributed by atoms with Gasteiger partial charge in [0.2, 0.25) is 0 Å². The van der Waals surface area contributed by atoms with E-state index in [1.54, 1.807) is 12.5 Å². The van der Waals surface area contributed by atoms with Crippen LogP contribution in [0.4, 0.5) is 5.69 Å². The number of rotatable bonds is 6. The minimum Gasteiger partial charge on any atom is -0.497 e. The molecule has 1 heterocycles. The molecular formula is C20H20N2O2S. The standard InChI is InChI=1S/C20H20N2O2S/c1-3-14-4-8-16(9-5-14)21-20(23)18-13-25-19(22-18)12-15-6-10-17(24-2)11-7-15/h4-11,13H,3,12H2,1-2H3,(H,21,23). The molecule has 1 aromatic heterocycles. The van der Waals surface area contributed by atoms with E-state index in [1.165, 1.54) is 16.9 Å². The highest BCUT2D eigenvalue weighted by Gasteiger charge is 2.11. The van der Waals surface area contributed by atoms with Gasteiger partial charge in [0.1, 0.15) is 11.4 Å². The van der Waals surface area contributed by atoms with Gasteiger partial charge in [-0.2, -0.15) is 0 Å². The van der Waals surface area contributed by atoms with E-state index < -0.39 is 0 Å². The van der Waals surface area contributed by atoms with E-state index >= 15 is 0 Å². The number of benzene rings is 2. The molecule has 0 aliphatic carbocycles. The average molecular weight is 352 g/mol. The van der Waals surface area contributed by atoms with Crippen LogP contribution in [-0.2, 0) is 12.8 Å². The lowest BCUT2D eigenvalue weighted by atomic mass is 10.1. The largest absolute Gasteiger partial charge is 0.497 e. The van der Waals surface area contributed by atoms with Crippen molar-refractivity contribution in [2.24, 2.45) is 0 Å². The van der Waals surface area contributed by atoms with Gasteiger partial charge >= 0.3 is 0 Å². The number of hydrogen-bond acceptors (Lipinski definition) is 4. The van der Waals surface area contributed by atoms with Crippen molar-refractivity contribution in [3.63, 3.8) is 0 Å². The fraction of sp³-hybridized carbons (Fsp3) is 0.200. The molecule has 128 valence electrons. The molecule has 0 unspecified atom stereocenters. The molecule has 3 aromatic rings. The Balaban J connectivity index is 1.64. The molecule has 5 heteroatoms. The van der Waals surface area contributed by atoms with Crippen molar-refractivity contribution >= 4 is 22.9 Å². The molecule has 0 bridgehead atoms. The summed E-state index contributed by atoms with van der Waals surface area (Å²) < 4.78 is 5.16. The van der Waals surface area contributed by atoms with Crippen LogP contribution in [0.3, 0.4) is 0 Å². The lowest BCUT2D eigenvalue weighted by molar-refractivity contribution is 0.102. The molecule has 4 nitrogen and oxygen atoms in total. The van der Waals surface area contributed by atoms with Crippen LogP contribution in [0.2, 0.25) is 0 Å². The maximum Gasteiger partial charge on any atom is 0.275 e. The number of aromatic nitrogens is 1. The minimum absolute atomic E-state index is 0.179. The summed E-state index contributed by atoms with van der Waals surface area (Å²) in [6.07, 6.45) is 1.68. The van der Waals surface area contributed by atoms with Crippen molar-refractivity contribution in [1.82, 2.24) is 4.98 Å². The molecule has 1 amide bonds. The monoisotopic (exact) mass is 352 g/mol. The maximum absolute atomic E-state index is 12.3. The van der Waals surface area contributed by atoms with E-state index in [0.29, 0.717) is 12.1 Å². The van der Waals surface area contributed by atoms with Gasteiger partial charge in [-0.05, 0) is 41.8 Å². The first-order valence-electron chi connectivity index (χ1n) is 8.15. The van der Waals surface area contributed by atoms with Crippen molar-refractivity contribution in [1.29, 1.82) is 0 Å². The van der Waals surface area contributed by atoms with E-state index in [4.69, 9.17) is 4.74 Å². The number of nitrogens with zero attached hydrogens (tertiary/aromatic N) is 1. The third kappa shape index (κ3) is 4.45. The van der Waals surface area contributed by atoms with E-state index in [-0.39, 0.29) is 5.91 Å². The second-order valence-corrected chi connectivity index (χ2v) is 6.60. The zero-order valence-corrected chi connectivity index (χ0v) is 15.1. The van der Waals surface area contributed by atoms with Gasteiger partial charge in [0, 0.05) is 17.5 Å². The highest BCUT2D eigenvalue weighted by Crippen LogP contribution is 2.18. The number of carbonyl (C=O) groups is 1. The van der Waals surface area contributed by atoms with Crippen LogP contribution in [0.5, 0.6) is 5.75 Å². The fourth-order valence-electron chi connectivity index (χ4n) is 2.43. The average Bonchev–Trinajstić information content (AvgIpc) is 3.12. The van der Waals surface area contributed by atoms with Gasteiger partial charge in [-0.3, -0.25) is 4.79 Å². The van der Waals surface area contributed by atoms with Gasteiger partial charge in [-0.25, -0.2) is 4.98 Å². The molecule has 2 aromatic carbocycles. The third-order valence-electron chi connectivity index (χ3n) is 3.92. The maximum atomic E-state index is 12.3. The summed E-state index contributed by atoms with van der Waals surface area (Å²) in [5.41, 5.74) is 3.62. The van der Waals surface area contributed by atoms with Crippen molar-refractivity contribution in [3.05, 3.63) is 75.7 Å². The number of thiazole rings is 1. The molecule has 0 saturated heterocycles. The van der Waals surface area contributed by atoms with Crippen LogP contribution in [0.1, 0.15) is 33.5 Å². The van der Waals surface area contributed by atoms with Gasteiger partial charge < -0.3 is 10.1 Å². The molecule has 0 radical (unpaired) electrons. The van der Waals surface area contributed by atoms with Gasteiger partial charge in [0.25, 0.3) is 5.91 Å². The fourth-order valence-corrected chi connectivity index (χ4v) is 3.24. The number of carbonyl (C=O) groups excluding carboxylic acids is 1. The quantitative estimate of drug-likeness (QED) is 0.708. The zero-order chi connectivity index (χ0) is 17.6. The first kappa shape index (κ1) is 17.2. The lowest BCUT2D eigenvalue weighted by Gasteiger charge is -2.04. The Kier molecular flexibility index (Phi) is 5.46. The predicted molar refractivity (Wildman–Crippen MR) is 102 cm³/mol. The van der Waals surface area contributed by atoms with Crippen molar-refractivity contribution in [2.75, 3.05) is 12.4 Å². The van der Waals surface area contributed by atoms with Gasteiger partial charge in [-0.1, -0.05) is 31.2 Å². The molecule has 0 aliphatic heterocycles. The normalized spacial score (nSPS) is 10.5. The van der Waals surface area contributed by atoms with Crippen molar-refractivity contribution in [3.8, 4) is 5.75 Å². The molecule has 1 N–H and O–H groups in total. The first-order chi connectivity index (χ1) is 12.2. The molecule has 0 spiro atoms. The number of anilines is 1. The Bertz CT molecular complexity index is 839. The Morgan fingerprint density at radius 3 is 2.40 bits per heavy atom. The number of methoxy groups -OCH3 is 1. The summed E-state index contributed by atoms with van der Waals surface area (Å²) in [5.74, 6) is 0.651. The van der Waals surface area contributed by atoms with Crippen molar-refractivity contribution < 1.29 is 9.53 Å². The number of aryl methyl sites for hydroxylation is 1. The van der Waals surface area contributed by atoms with Crippen LogP contribution in [-0.4, -0.2) is 18.0 Å². The number of amides is 1. The SMILES string of the molecule is CCc1ccc(NC(=O)c2csc(Cc3ccc(OC)cc3)n2)cc1. The summed E-state index contributed by atoms with van der Waals surface area (Å²) in [4.78, 5) is 16.8. The zero-order valence-electron chi connectivity index (χ0n) is 14.3. The highest BCUT2D eigenvalue weighted by atomic mass is 32.1. The Labute approximate surface area is 151 Å². The summed E-state index contributed by atoms with van der Waals surface area (Å²) in [6.45, 7) is 2.10. The predicted octanol–water partition coefficient (Wildman–Crippen LogP) is 4.56. The smallest absolute Gasteiger partial charge is 0.275 e. The van der Waals surface area contributed by atoms with E-state index in [1.807, 2.05) is 48.5 Å². The molecule has 3 rings (SSSR count). The van der Waals surface area contributed by atoms with Gasteiger partial charge in [-0.15, -0.1) is 11.3 Å². The summed E-state index contributed by atoms with van der Waals surface area (Å²) in [5, 5.41) is 5.60. The summed E-state index contributed by atoms with van der Waals surface area (Å²) in [6, 6.07) is 15.7. The molecular weight excluding hydrogens is 332 g/mol. The van der Waals surface area contributed by atoms with Crippen LogP contribution in [0.25, 0.3) is 0 Å². The minimum atomic E-state index is -0.179. The van der Waals surface area contributed by atoms with Gasteiger partial charge in [0.15, 0.2) is 0 Å². The topological polar surface area (TPSA) is 51.2 Å². The van der Waals surface area contributed by atoms with E-state index in [0.717, 1.165) is 28.4 Å². The Hall–Kier alpha value is -2.66. The highest BCUT2D eigenvalue weighted by molar-refractivity contribution is 7.09. The molecule has 0 aliphatic rings. The van der Waals surface area contributed by atoms with Crippen LogP contribution in [0, 0.1) is 0 Å². The van der Waals surface area contributed by atoms with Crippen LogP contribution in [0.15, 0.2) is 53.9 Å². The summed E-state index contributed by atoms with van der Waals surface area (Å²) >= 11 is 1.50. The number of ether oxygens (including phenoxy) is 1. The second kappa shape index (κ2) is 7.94. The molecule has 0 fully saturated rings. The van der Waals surface area contributed by atoms with E-state index in [9.17, 15) is 4.79 Å². The molecule has 0 atom stereocenters. The second-order valence-electron chi connectivity index (χ2n) is 5.66. The van der Waals surface area contributed by atoms with Crippen LogP contribution < -0.4 is 10.1 Å².